The van der Waals surface area contributed by atoms with E-state index in [1.807, 2.05) is 44.2 Å². The molecule has 3 aromatic rings. The summed E-state index contributed by atoms with van der Waals surface area (Å²) in [6, 6.07) is 9.67. The maximum atomic E-state index is 12.2. The smallest absolute Gasteiger partial charge is 0.316 e. The summed E-state index contributed by atoms with van der Waals surface area (Å²) < 4.78 is 5.14. The van der Waals surface area contributed by atoms with E-state index in [1.165, 1.54) is 23.0 Å². The first kappa shape index (κ1) is 20.3. The van der Waals surface area contributed by atoms with Crippen molar-refractivity contribution in [3.63, 3.8) is 0 Å². The Bertz CT molecular complexity index is 989. The number of hydrogen-bond acceptors (Lipinski definition) is 7. The fourth-order valence-corrected chi connectivity index (χ4v) is 4.54. The molecule has 146 valence electrons. The highest BCUT2D eigenvalue weighted by Crippen LogP contribution is 2.34. The average molecular weight is 416 g/mol. The van der Waals surface area contributed by atoms with Crippen LogP contribution < -0.4 is 0 Å². The second-order valence-electron chi connectivity index (χ2n) is 6.33. The SMILES string of the molecule is Cc1sc2ncnc(SCC(=O)OCC(=O)N(C)Cc3ccccc3)c2c1C. The first-order valence-corrected chi connectivity index (χ1v) is 10.5. The van der Waals surface area contributed by atoms with Gasteiger partial charge in [0.2, 0.25) is 0 Å². The van der Waals surface area contributed by atoms with Gasteiger partial charge in [-0.1, -0.05) is 42.1 Å². The molecule has 0 saturated heterocycles. The number of aromatic nitrogens is 2. The monoisotopic (exact) mass is 415 g/mol. The number of thiophene rings is 1. The van der Waals surface area contributed by atoms with Crippen molar-refractivity contribution in [2.75, 3.05) is 19.4 Å². The fraction of sp³-hybridized carbons (Fsp3) is 0.300. The quantitative estimate of drug-likeness (QED) is 0.334. The predicted octanol–water partition coefficient (Wildman–Crippen LogP) is 3.60. The number of benzene rings is 1. The topological polar surface area (TPSA) is 72.4 Å². The van der Waals surface area contributed by atoms with Gasteiger partial charge in [-0.25, -0.2) is 9.97 Å². The molecule has 0 radical (unpaired) electrons. The second kappa shape index (κ2) is 9.16. The summed E-state index contributed by atoms with van der Waals surface area (Å²) in [7, 11) is 1.69. The number of nitrogens with zero attached hydrogens (tertiary/aromatic N) is 3. The van der Waals surface area contributed by atoms with Crippen LogP contribution >= 0.6 is 23.1 Å². The van der Waals surface area contributed by atoms with Crippen molar-refractivity contribution in [1.82, 2.24) is 14.9 Å². The van der Waals surface area contributed by atoms with Crippen LogP contribution in [0.5, 0.6) is 0 Å². The highest BCUT2D eigenvalue weighted by molar-refractivity contribution is 8.00. The largest absolute Gasteiger partial charge is 0.455 e. The van der Waals surface area contributed by atoms with Crippen molar-refractivity contribution in [3.8, 4) is 0 Å². The molecule has 0 unspecified atom stereocenters. The minimum Gasteiger partial charge on any atom is -0.455 e. The maximum Gasteiger partial charge on any atom is 0.316 e. The van der Waals surface area contributed by atoms with E-state index in [9.17, 15) is 9.59 Å². The molecule has 0 aliphatic heterocycles. The first-order chi connectivity index (χ1) is 13.5. The van der Waals surface area contributed by atoms with Crippen LogP contribution in [-0.4, -0.2) is 46.2 Å². The predicted molar refractivity (Wildman–Crippen MR) is 111 cm³/mol. The van der Waals surface area contributed by atoms with Crippen molar-refractivity contribution in [2.24, 2.45) is 0 Å². The summed E-state index contributed by atoms with van der Waals surface area (Å²) >= 11 is 2.92. The minimum absolute atomic E-state index is 0.0934. The van der Waals surface area contributed by atoms with Gasteiger partial charge in [0.15, 0.2) is 6.61 Å². The molecule has 1 amide bonds. The molecular weight excluding hydrogens is 394 g/mol. The lowest BCUT2D eigenvalue weighted by Crippen LogP contribution is -2.31. The molecule has 0 fully saturated rings. The molecule has 1 aromatic carbocycles. The van der Waals surface area contributed by atoms with Crippen molar-refractivity contribution < 1.29 is 14.3 Å². The Morgan fingerprint density at radius 2 is 1.93 bits per heavy atom. The summed E-state index contributed by atoms with van der Waals surface area (Å²) in [5.41, 5.74) is 2.16. The van der Waals surface area contributed by atoms with Gasteiger partial charge in [0.25, 0.3) is 5.91 Å². The van der Waals surface area contributed by atoms with E-state index in [0.29, 0.717) is 6.54 Å². The van der Waals surface area contributed by atoms with E-state index in [2.05, 4.69) is 9.97 Å². The third kappa shape index (κ3) is 4.88. The van der Waals surface area contributed by atoms with E-state index < -0.39 is 5.97 Å². The molecule has 2 aromatic heterocycles. The number of likely N-dealkylation sites (N-methyl/N-ethyl adjacent to an activating group) is 1. The van der Waals surface area contributed by atoms with Gasteiger partial charge < -0.3 is 9.64 Å². The molecule has 6 nitrogen and oxygen atoms in total. The minimum atomic E-state index is -0.442. The molecular formula is C20H21N3O3S2. The normalized spacial score (nSPS) is 10.8. The molecule has 2 heterocycles. The highest BCUT2D eigenvalue weighted by Gasteiger charge is 2.16. The van der Waals surface area contributed by atoms with Crippen LogP contribution in [0.2, 0.25) is 0 Å². The van der Waals surface area contributed by atoms with Gasteiger partial charge >= 0.3 is 5.97 Å². The molecule has 0 N–H and O–H groups in total. The fourth-order valence-electron chi connectivity index (χ4n) is 2.63. The van der Waals surface area contributed by atoms with E-state index in [0.717, 1.165) is 26.4 Å². The van der Waals surface area contributed by atoms with Crippen LogP contribution in [0.1, 0.15) is 16.0 Å². The molecule has 0 spiro atoms. The Morgan fingerprint density at radius 1 is 1.18 bits per heavy atom. The molecule has 0 aliphatic carbocycles. The van der Waals surface area contributed by atoms with Gasteiger partial charge in [-0.15, -0.1) is 11.3 Å². The number of thioether (sulfide) groups is 1. The van der Waals surface area contributed by atoms with Crippen LogP contribution in [0.3, 0.4) is 0 Å². The van der Waals surface area contributed by atoms with E-state index >= 15 is 0 Å². The van der Waals surface area contributed by atoms with Crippen molar-refractivity contribution >= 4 is 45.2 Å². The Balaban J connectivity index is 1.50. The molecule has 0 aliphatic rings. The first-order valence-electron chi connectivity index (χ1n) is 8.72. The number of rotatable bonds is 7. The maximum absolute atomic E-state index is 12.2. The summed E-state index contributed by atoms with van der Waals surface area (Å²) in [6.45, 7) is 4.28. The molecule has 3 rings (SSSR count). The number of hydrogen-bond donors (Lipinski definition) is 0. The second-order valence-corrected chi connectivity index (χ2v) is 8.49. The number of esters is 1. The van der Waals surface area contributed by atoms with Gasteiger partial charge in [0, 0.05) is 23.9 Å². The van der Waals surface area contributed by atoms with E-state index in [-0.39, 0.29) is 18.3 Å². The molecule has 0 bridgehead atoms. The number of amides is 1. The number of carbonyl (C=O) groups excluding carboxylic acids is 2. The van der Waals surface area contributed by atoms with Gasteiger partial charge in [0.1, 0.15) is 16.2 Å². The summed E-state index contributed by atoms with van der Waals surface area (Å²) in [5, 5.41) is 1.75. The standard InChI is InChI=1S/C20H21N3O3S2/c1-13-14(2)28-20-18(13)19(21-12-22-20)27-11-17(25)26-10-16(24)23(3)9-15-7-5-4-6-8-15/h4-8,12H,9-11H2,1-3H3. The van der Waals surface area contributed by atoms with Gasteiger partial charge in [-0.05, 0) is 25.0 Å². The van der Waals surface area contributed by atoms with Crippen LogP contribution in [-0.2, 0) is 20.9 Å². The Hall–Kier alpha value is -2.45. The van der Waals surface area contributed by atoms with Crippen LogP contribution in [0.15, 0.2) is 41.7 Å². The molecule has 0 atom stereocenters. The average Bonchev–Trinajstić information content (AvgIpc) is 2.99. The number of ether oxygens (including phenoxy) is 1. The lowest BCUT2D eigenvalue weighted by atomic mass is 10.2. The van der Waals surface area contributed by atoms with Gasteiger partial charge in [-0.2, -0.15) is 0 Å². The van der Waals surface area contributed by atoms with Crippen LogP contribution in [0.25, 0.3) is 10.2 Å². The zero-order valence-corrected chi connectivity index (χ0v) is 17.6. The third-order valence-electron chi connectivity index (χ3n) is 4.30. The van der Waals surface area contributed by atoms with Crippen molar-refractivity contribution in [3.05, 3.63) is 52.7 Å². The highest BCUT2D eigenvalue weighted by atomic mass is 32.2. The summed E-state index contributed by atoms with van der Waals surface area (Å²) in [5.74, 6) is -0.588. The van der Waals surface area contributed by atoms with Crippen LogP contribution in [0.4, 0.5) is 0 Å². The zero-order valence-electron chi connectivity index (χ0n) is 16.0. The molecule has 0 saturated carbocycles. The summed E-state index contributed by atoms with van der Waals surface area (Å²) in [6.07, 6.45) is 1.51. The number of fused-ring (bicyclic) bond motifs is 1. The van der Waals surface area contributed by atoms with Gasteiger partial charge in [0.05, 0.1) is 5.75 Å². The summed E-state index contributed by atoms with van der Waals surface area (Å²) in [4.78, 5) is 36.5. The van der Waals surface area contributed by atoms with E-state index in [4.69, 9.17) is 4.74 Å². The van der Waals surface area contributed by atoms with Crippen LogP contribution in [0, 0.1) is 13.8 Å². The van der Waals surface area contributed by atoms with Crippen molar-refractivity contribution in [2.45, 2.75) is 25.4 Å². The molecule has 8 heteroatoms. The third-order valence-corrected chi connectivity index (χ3v) is 6.38. The Labute approximate surface area is 171 Å². The van der Waals surface area contributed by atoms with E-state index in [1.54, 1.807) is 23.3 Å². The van der Waals surface area contributed by atoms with Gasteiger partial charge in [-0.3, -0.25) is 9.59 Å². The Kier molecular flexibility index (Phi) is 6.64. The lowest BCUT2D eigenvalue weighted by molar-refractivity contribution is -0.149. The number of aryl methyl sites for hydroxylation is 2. The zero-order chi connectivity index (χ0) is 20.1. The Morgan fingerprint density at radius 3 is 2.68 bits per heavy atom. The molecule has 28 heavy (non-hydrogen) atoms. The lowest BCUT2D eigenvalue weighted by Gasteiger charge is -2.17. The van der Waals surface area contributed by atoms with Crippen molar-refractivity contribution in [1.29, 1.82) is 0 Å². The number of carbonyl (C=O) groups is 2.